The minimum absolute atomic E-state index is 0.170. The molecule has 0 spiro atoms. The van der Waals surface area contributed by atoms with Crippen molar-refractivity contribution in [3.63, 3.8) is 0 Å². The minimum Gasteiger partial charge on any atom is -0.478 e. The van der Waals surface area contributed by atoms with Crippen LogP contribution in [-0.2, 0) is 0 Å². The largest absolute Gasteiger partial charge is 0.478 e. The molecule has 0 aromatic heterocycles. The molecular formula is C12H13BrN2O3. The highest BCUT2D eigenvalue weighted by Crippen LogP contribution is 2.29. The van der Waals surface area contributed by atoms with Gasteiger partial charge in [-0.05, 0) is 46.5 Å². The molecule has 6 heteroatoms. The molecule has 0 aliphatic heterocycles. The maximum atomic E-state index is 11.6. The van der Waals surface area contributed by atoms with Gasteiger partial charge in [-0.15, -0.1) is 0 Å². The average molecular weight is 313 g/mol. The van der Waals surface area contributed by atoms with Crippen LogP contribution in [0.5, 0.6) is 0 Å². The molecule has 3 N–H and O–H groups in total. The monoisotopic (exact) mass is 312 g/mol. The van der Waals surface area contributed by atoms with Crippen molar-refractivity contribution in [2.45, 2.75) is 19.4 Å². The van der Waals surface area contributed by atoms with Gasteiger partial charge in [0.05, 0.1) is 11.3 Å². The van der Waals surface area contributed by atoms with Gasteiger partial charge < -0.3 is 15.7 Å². The third-order valence-corrected chi connectivity index (χ3v) is 3.55. The molecule has 5 nitrogen and oxygen atoms in total. The van der Waals surface area contributed by atoms with E-state index in [0.29, 0.717) is 16.1 Å². The smallest absolute Gasteiger partial charge is 0.335 e. The molecule has 1 aromatic carbocycles. The summed E-state index contributed by atoms with van der Waals surface area (Å²) in [6.45, 7) is 2.07. The molecule has 0 radical (unpaired) electrons. The molecule has 18 heavy (non-hydrogen) atoms. The fraction of sp³-hybridized carbons (Fsp3) is 0.333. The Hall–Kier alpha value is -1.56. The van der Waals surface area contributed by atoms with E-state index in [1.54, 1.807) is 6.07 Å². The van der Waals surface area contributed by atoms with Crippen molar-refractivity contribution in [2.75, 3.05) is 5.32 Å². The number of aromatic carboxylic acids is 1. The first-order valence-electron chi connectivity index (χ1n) is 5.57. The van der Waals surface area contributed by atoms with E-state index in [1.165, 1.54) is 12.1 Å². The first-order valence-corrected chi connectivity index (χ1v) is 6.37. The normalized spacial score (nSPS) is 21.2. The maximum Gasteiger partial charge on any atom is 0.335 e. The van der Waals surface area contributed by atoms with Gasteiger partial charge in [0.2, 0.25) is 0 Å². The molecule has 2 unspecified atom stereocenters. The predicted octanol–water partition coefficient (Wildman–Crippen LogP) is 2.68. The third kappa shape index (κ3) is 3.01. The van der Waals surface area contributed by atoms with E-state index in [1.807, 2.05) is 0 Å². The molecule has 2 rings (SSSR count). The fourth-order valence-electron chi connectivity index (χ4n) is 1.60. The summed E-state index contributed by atoms with van der Waals surface area (Å²) in [7, 11) is 0. The predicted molar refractivity (Wildman–Crippen MR) is 70.8 cm³/mol. The number of anilines is 1. The summed E-state index contributed by atoms with van der Waals surface area (Å²) in [5, 5.41) is 14.3. The Morgan fingerprint density at radius 3 is 2.61 bits per heavy atom. The van der Waals surface area contributed by atoms with Crippen LogP contribution in [0.2, 0.25) is 0 Å². The Labute approximate surface area is 113 Å². The first kappa shape index (κ1) is 12.9. The number of carbonyl (C=O) groups is 2. The number of carboxylic acids is 1. The molecule has 2 amide bonds. The van der Waals surface area contributed by atoms with E-state index < -0.39 is 5.97 Å². The molecule has 1 saturated carbocycles. The van der Waals surface area contributed by atoms with Crippen molar-refractivity contribution in [1.29, 1.82) is 0 Å². The van der Waals surface area contributed by atoms with Crippen LogP contribution < -0.4 is 10.6 Å². The van der Waals surface area contributed by atoms with Crippen LogP contribution >= 0.6 is 15.9 Å². The summed E-state index contributed by atoms with van der Waals surface area (Å²) >= 11 is 3.23. The van der Waals surface area contributed by atoms with Gasteiger partial charge >= 0.3 is 12.0 Å². The van der Waals surface area contributed by atoms with Crippen LogP contribution in [0.1, 0.15) is 23.7 Å². The van der Waals surface area contributed by atoms with E-state index in [9.17, 15) is 9.59 Å². The zero-order chi connectivity index (χ0) is 13.3. The van der Waals surface area contributed by atoms with Crippen molar-refractivity contribution in [3.8, 4) is 0 Å². The molecule has 1 fully saturated rings. The van der Waals surface area contributed by atoms with Crippen LogP contribution in [-0.4, -0.2) is 23.1 Å². The van der Waals surface area contributed by atoms with Crippen LogP contribution in [0.4, 0.5) is 10.5 Å². The fourth-order valence-corrected chi connectivity index (χ4v) is 2.08. The van der Waals surface area contributed by atoms with E-state index >= 15 is 0 Å². The Morgan fingerprint density at radius 2 is 2.11 bits per heavy atom. The number of urea groups is 1. The lowest BCUT2D eigenvalue weighted by molar-refractivity contribution is 0.0697. The SMILES string of the molecule is CC1CC1NC(=O)Nc1ccc(C(=O)O)cc1Br. The molecule has 1 aliphatic carbocycles. The second-order valence-electron chi connectivity index (χ2n) is 4.42. The van der Waals surface area contributed by atoms with Gasteiger partial charge in [0, 0.05) is 10.5 Å². The number of hydrogen-bond acceptors (Lipinski definition) is 2. The molecule has 0 saturated heterocycles. The van der Waals surface area contributed by atoms with Gasteiger partial charge in [-0.2, -0.15) is 0 Å². The second kappa shape index (κ2) is 4.97. The molecule has 1 aliphatic rings. The summed E-state index contributed by atoms with van der Waals surface area (Å²) in [5.74, 6) is -0.466. The van der Waals surface area contributed by atoms with Crippen molar-refractivity contribution in [1.82, 2.24) is 5.32 Å². The third-order valence-electron chi connectivity index (χ3n) is 2.89. The average Bonchev–Trinajstić information content (AvgIpc) is 2.96. The summed E-state index contributed by atoms with van der Waals surface area (Å²) in [6, 6.07) is 4.44. The van der Waals surface area contributed by atoms with Crippen LogP contribution in [0.3, 0.4) is 0 Å². The van der Waals surface area contributed by atoms with Gasteiger partial charge in [-0.25, -0.2) is 9.59 Å². The van der Waals surface area contributed by atoms with E-state index in [-0.39, 0.29) is 17.6 Å². The summed E-state index contributed by atoms with van der Waals surface area (Å²) in [5.41, 5.74) is 0.717. The molecule has 0 heterocycles. The number of nitrogens with one attached hydrogen (secondary N) is 2. The van der Waals surface area contributed by atoms with Gasteiger partial charge in [-0.3, -0.25) is 0 Å². The number of carbonyl (C=O) groups excluding carboxylic acids is 1. The molecule has 0 bridgehead atoms. The van der Waals surface area contributed by atoms with Crippen LogP contribution in [0, 0.1) is 5.92 Å². The lowest BCUT2D eigenvalue weighted by Gasteiger charge is -2.09. The number of rotatable bonds is 3. The Bertz CT molecular complexity index is 504. The number of carboxylic acid groups (broad SMARTS) is 1. The summed E-state index contributed by atoms with van der Waals surface area (Å²) in [4.78, 5) is 22.4. The van der Waals surface area contributed by atoms with Crippen molar-refractivity contribution >= 4 is 33.6 Å². The van der Waals surface area contributed by atoms with E-state index in [0.717, 1.165) is 6.42 Å². The minimum atomic E-state index is -1.00. The maximum absolute atomic E-state index is 11.6. The van der Waals surface area contributed by atoms with Gasteiger partial charge in [0.1, 0.15) is 0 Å². The van der Waals surface area contributed by atoms with Crippen molar-refractivity contribution in [2.24, 2.45) is 5.92 Å². The highest BCUT2D eigenvalue weighted by atomic mass is 79.9. The second-order valence-corrected chi connectivity index (χ2v) is 5.27. The van der Waals surface area contributed by atoms with Crippen molar-refractivity contribution < 1.29 is 14.7 Å². The Morgan fingerprint density at radius 1 is 1.44 bits per heavy atom. The van der Waals surface area contributed by atoms with Crippen LogP contribution in [0.15, 0.2) is 22.7 Å². The Balaban J connectivity index is 2.00. The molecule has 2 atom stereocenters. The molecular weight excluding hydrogens is 300 g/mol. The van der Waals surface area contributed by atoms with Gasteiger partial charge in [-0.1, -0.05) is 6.92 Å². The van der Waals surface area contributed by atoms with E-state index in [2.05, 4.69) is 33.5 Å². The topological polar surface area (TPSA) is 78.4 Å². The highest BCUT2D eigenvalue weighted by molar-refractivity contribution is 9.10. The Kier molecular flexibility index (Phi) is 3.56. The molecule has 96 valence electrons. The summed E-state index contributed by atoms with van der Waals surface area (Å²) in [6.07, 6.45) is 1.01. The zero-order valence-corrected chi connectivity index (χ0v) is 11.3. The lowest BCUT2D eigenvalue weighted by Crippen LogP contribution is -2.31. The number of amides is 2. The lowest BCUT2D eigenvalue weighted by atomic mass is 10.2. The zero-order valence-electron chi connectivity index (χ0n) is 9.74. The standard InChI is InChI=1S/C12H13BrN2O3/c1-6-4-10(6)15-12(18)14-9-3-2-7(11(16)17)5-8(9)13/h2-3,5-6,10H,4H2,1H3,(H,16,17)(H2,14,15,18). The molecule has 1 aromatic rings. The summed E-state index contributed by atoms with van der Waals surface area (Å²) < 4.78 is 0.543. The first-order chi connectivity index (χ1) is 8.47. The number of benzene rings is 1. The quantitative estimate of drug-likeness (QED) is 0.803. The number of halogens is 1. The van der Waals surface area contributed by atoms with Crippen molar-refractivity contribution in [3.05, 3.63) is 28.2 Å². The van der Waals surface area contributed by atoms with Gasteiger partial charge in [0.25, 0.3) is 0 Å². The highest BCUT2D eigenvalue weighted by Gasteiger charge is 2.33. The van der Waals surface area contributed by atoms with Gasteiger partial charge in [0.15, 0.2) is 0 Å². The number of hydrogen-bond donors (Lipinski definition) is 3. The van der Waals surface area contributed by atoms with E-state index in [4.69, 9.17) is 5.11 Å². The van der Waals surface area contributed by atoms with Crippen LogP contribution in [0.25, 0.3) is 0 Å².